The van der Waals surface area contributed by atoms with Gasteiger partial charge in [0.2, 0.25) is 0 Å². The Morgan fingerprint density at radius 1 is 1.00 bits per heavy atom. The number of rotatable bonds is 5. The van der Waals surface area contributed by atoms with Gasteiger partial charge in [0.25, 0.3) is 5.91 Å². The van der Waals surface area contributed by atoms with Gasteiger partial charge in [-0.2, -0.15) is 5.10 Å². The molecule has 3 aromatic rings. The van der Waals surface area contributed by atoms with Gasteiger partial charge in [-0.3, -0.25) is 9.69 Å². The minimum atomic E-state index is -0.600. The Morgan fingerprint density at radius 2 is 1.68 bits per heavy atom. The smallest absolute Gasteiger partial charge is 0.327 e. The van der Waals surface area contributed by atoms with Crippen LogP contribution in [0.1, 0.15) is 22.0 Å². The molecule has 4 rings (SSSR count). The van der Waals surface area contributed by atoms with Gasteiger partial charge < -0.3 is 9.64 Å². The second-order valence-electron chi connectivity index (χ2n) is 7.28. The summed E-state index contributed by atoms with van der Waals surface area (Å²) < 4.78 is 6.72. The van der Waals surface area contributed by atoms with Crippen LogP contribution in [0.5, 0.6) is 0 Å². The van der Waals surface area contributed by atoms with Crippen molar-refractivity contribution in [3.05, 3.63) is 83.1 Å². The van der Waals surface area contributed by atoms with Gasteiger partial charge in [0, 0.05) is 37.4 Å². The quantitative estimate of drug-likeness (QED) is 0.572. The zero-order valence-corrected chi connectivity index (χ0v) is 17.9. The third-order valence-electron chi connectivity index (χ3n) is 5.44. The minimum absolute atomic E-state index is 0.0748. The minimum Gasteiger partial charge on any atom is -0.468 e. The van der Waals surface area contributed by atoms with Crippen molar-refractivity contribution in [1.82, 2.24) is 19.6 Å². The maximum atomic E-state index is 13.0. The van der Waals surface area contributed by atoms with Gasteiger partial charge >= 0.3 is 5.97 Å². The van der Waals surface area contributed by atoms with E-state index >= 15 is 0 Å². The molecular formula is C23H23ClN4O3. The van der Waals surface area contributed by atoms with Gasteiger partial charge in [0.05, 0.1) is 24.6 Å². The highest BCUT2D eigenvalue weighted by atomic mass is 35.5. The van der Waals surface area contributed by atoms with E-state index in [1.54, 1.807) is 28.0 Å². The van der Waals surface area contributed by atoms with Crippen LogP contribution in [0.15, 0.2) is 67.0 Å². The van der Waals surface area contributed by atoms with Gasteiger partial charge in [-0.25, -0.2) is 9.48 Å². The number of hydrogen-bond acceptors (Lipinski definition) is 5. The van der Waals surface area contributed by atoms with Crippen LogP contribution in [0.25, 0.3) is 5.69 Å². The molecule has 1 saturated heterocycles. The molecule has 1 aliphatic rings. The van der Waals surface area contributed by atoms with Crippen molar-refractivity contribution in [1.29, 1.82) is 0 Å². The highest BCUT2D eigenvalue weighted by molar-refractivity contribution is 6.31. The number of methoxy groups -OCH3 is 1. The third kappa shape index (κ3) is 4.47. The van der Waals surface area contributed by atoms with Crippen LogP contribution < -0.4 is 0 Å². The van der Waals surface area contributed by atoms with Crippen LogP contribution >= 0.6 is 11.6 Å². The number of nitrogens with zero attached hydrogens (tertiary/aromatic N) is 4. The molecule has 2 aromatic carbocycles. The molecular weight excluding hydrogens is 416 g/mol. The van der Waals surface area contributed by atoms with E-state index in [0.29, 0.717) is 42.3 Å². The van der Waals surface area contributed by atoms with Crippen molar-refractivity contribution >= 4 is 23.5 Å². The predicted molar refractivity (Wildman–Crippen MR) is 117 cm³/mol. The Kier molecular flexibility index (Phi) is 6.34. The van der Waals surface area contributed by atoms with E-state index < -0.39 is 6.04 Å². The van der Waals surface area contributed by atoms with E-state index in [4.69, 9.17) is 16.3 Å². The molecule has 0 N–H and O–H groups in total. The first-order chi connectivity index (χ1) is 15.1. The fraction of sp³-hybridized carbons (Fsp3) is 0.261. The Balaban J connectivity index is 1.45. The average molecular weight is 439 g/mol. The lowest BCUT2D eigenvalue weighted by Crippen LogP contribution is -2.51. The molecule has 0 radical (unpaired) electrons. The Labute approximate surface area is 185 Å². The maximum Gasteiger partial charge on any atom is 0.327 e. The summed E-state index contributed by atoms with van der Waals surface area (Å²) in [5, 5.41) is 4.83. The first-order valence-electron chi connectivity index (χ1n) is 10.0. The third-order valence-corrected chi connectivity index (χ3v) is 5.79. The van der Waals surface area contributed by atoms with Crippen LogP contribution in [0.2, 0.25) is 5.02 Å². The molecule has 1 fully saturated rings. The fourth-order valence-electron chi connectivity index (χ4n) is 3.80. The van der Waals surface area contributed by atoms with Crippen LogP contribution in [0.3, 0.4) is 0 Å². The van der Waals surface area contributed by atoms with Crippen molar-refractivity contribution in [3.8, 4) is 5.69 Å². The molecule has 0 bridgehead atoms. The molecule has 1 atom stereocenters. The Morgan fingerprint density at radius 3 is 2.35 bits per heavy atom. The van der Waals surface area contributed by atoms with Gasteiger partial charge in [0.15, 0.2) is 0 Å². The number of benzene rings is 2. The van der Waals surface area contributed by atoms with Crippen molar-refractivity contribution in [2.24, 2.45) is 0 Å². The lowest BCUT2D eigenvalue weighted by molar-refractivity contribution is -0.148. The molecule has 0 aliphatic carbocycles. The number of ether oxygens (including phenoxy) is 1. The molecule has 0 spiro atoms. The predicted octanol–water partition coefficient (Wildman–Crippen LogP) is 3.20. The van der Waals surface area contributed by atoms with Crippen molar-refractivity contribution < 1.29 is 14.3 Å². The van der Waals surface area contributed by atoms with Gasteiger partial charge in [0.1, 0.15) is 6.04 Å². The normalized spacial score (nSPS) is 15.5. The summed E-state index contributed by atoms with van der Waals surface area (Å²) in [5.41, 5.74) is 2.14. The van der Waals surface area contributed by atoms with Crippen molar-refractivity contribution in [2.45, 2.75) is 6.04 Å². The summed E-state index contributed by atoms with van der Waals surface area (Å²) in [6.45, 7) is 2.05. The summed E-state index contributed by atoms with van der Waals surface area (Å²) >= 11 is 6.34. The molecule has 160 valence electrons. The molecule has 8 heteroatoms. The molecule has 0 saturated carbocycles. The summed E-state index contributed by atoms with van der Waals surface area (Å²) in [6, 6.07) is 16.3. The van der Waals surface area contributed by atoms with E-state index in [1.165, 1.54) is 7.11 Å². The average Bonchev–Trinajstić information content (AvgIpc) is 3.31. The number of para-hydroxylation sites is 1. The molecule has 7 nitrogen and oxygen atoms in total. The topological polar surface area (TPSA) is 67.7 Å². The standard InChI is InChI=1S/C23H23ClN4O3/c1-31-23(30)21(19-9-5-6-10-20(19)24)26-11-13-27(14-12-26)22(29)17-15-25-28(16-17)18-7-3-2-4-8-18/h2-10,15-16,21H,11-14H2,1H3/t21-/m1/s1. The van der Waals surface area contributed by atoms with Crippen molar-refractivity contribution in [3.63, 3.8) is 0 Å². The zero-order valence-electron chi connectivity index (χ0n) is 17.1. The van der Waals surface area contributed by atoms with E-state index in [1.807, 2.05) is 53.4 Å². The zero-order chi connectivity index (χ0) is 21.8. The first kappa shape index (κ1) is 21.1. The van der Waals surface area contributed by atoms with Crippen LogP contribution in [-0.2, 0) is 9.53 Å². The first-order valence-corrected chi connectivity index (χ1v) is 10.4. The number of carbonyl (C=O) groups is 2. The van der Waals surface area contributed by atoms with Crippen molar-refractivity contribution in [2.75, 3.05) is 33.3 Å². The Bertz CT molecular complexity index is 1060. The maximum absolute atomic E-state index is 13.0. The van der Waals surface area contributed by atoms with Gasteiger partial charge in [-0.15, -0.1) is 0 Å². The number of aromatic nitrogens is 2. The lowest BCUT2D eigenvalue weighted by Gasteiger charge is -2.38. The molecule has 1 aromatic heterocycles. The summed E-state index contributed by atoms with van der Waals surface area (Å²) in [7, 11) is 1.37. The number of hydrogen-bond donors (Lipinski definition) is 0. The Hall–Kier alpha value is -3.16. The number of amides is 1. The van der Waals surface area contributed by atoms with E-state index in [0.717, 1.165) is 5.69 Å². The van der Waals surface area contributed by atoms with E-state index in [-0.39, 0.29) is 11.9 Å². The molecule has 31 heavy (non-hydrogen) atoms. The SMILES string of the molecule is COC(=O)[C@@H](c1ccccc1Cl)N1CCN(C(=O)c2cnn(-c3ccccc3)c2)CC1. The largest absolute Gasteiger partial charge is 0.468 e. The van der Waals surface area contributed by atoms with Crippen LogP contribution in [0, 0.1) is 0 Å². The van der Waals surface area contributed by atoms with E-state index in [9.17, 15) is 9.59 Å². The summed E-state index contributed by atoms with van der Waals surface area (Å²) in [5.74, 6) is -0.439. The second kappa shape index (κ2) is 9.32. The molecule has 1 amide bonds. The summed E-state index contributed by atoms with van der Waals surface area (Å²) in [6.07, 6.45) is 3.33. The second-order valence-corrected chi connectivity index (χ2v) is 7.69. The molecule has 0 unspecified atom stereocenters. The van der Waals surface area contributed by atoms with E-state index in [2.05, 4.69) is 5.10 Å². The molecule has 1 aliphatic heterocycles. The highest BCUT2D eigenvalue weighted by Gasteiger charge is 2.33. The number of esters is 1. The summed E-state index contributed by atoms with van der Waals surface area (Å²) in [4.78, 5) is 29.3. The van der Waals surface area contributed by atoms with Crippen LogP contribution in [0.4, 0.5) is 0 Å². The fourth-order valence-corrected chi connectivity index (χ4v) is 4.04. The number of piperazine rings is 1. The number of halogens is 1. The number of carbonyl (C=O) groups excluding carboxylic acids is 2. The molecule has 2 heterocycles. The monoisotopic (exact) mass is 438 g/mol. The highest BCUT2D eigenvalue weighted by Crippen LogP contribution is 2.29. The lowest BCUT2D eigenvalue weighted by atomic mass is 10.0. The van der Waals surface area contributed by atoms with Gasteiger partial charge in [-0.05, 0) is 23.8 Å². The van der Waals surface area contributed by atoms with Crippen LogP contribution in [-0.4, -0.2) is 64.7 Å². The van der Waals surface area contributed by atoms with Gasteiger partial charge in [-0.1, -0.05) is 48.0 Å².